The summed E-state index contributed by atoms with van der Waals surface area (Å²) in [5.74, 6) is 1.65. The average Bonchev–Trinajstić information content (AvgIpc) is 3.03. The molecular weight excluding hydrogens is 300 g/mol. The summed E-state index contributed by atoms with van der Waals surface area (Å²) >= 11 is 1.80. The number of nitrogens with zero attached hydrogens (tertiary/aromatic N) is 1. The van der Waals surface area contributed by atoms with Crippen molar-refractivity contribution in [1.82, 2.24) is 10.5 Å². The number of carboxylic acid groups (broad SMARTS) is 1. The fraction of sp³-hybridized carbons (Fsp3) is 0.375. The summed E-state index contributed by atoms with van der Waals surface area (Å²) in [6.07, 6.45) is 1.27. The van der Waals surface area contributed by atoms with Gasteiger partial charge in [0.2, 0.25) is 0 Å². The topological polar surface area (TPSA) is 75.4 Å². The lowest BCUT2D eigenvalue weighted by Crippen LogP contribution is -2.54. The summed E-state index contributed by atoms with van der Waals surface area (Å²) in [6, 6.07) is 11.6. The molecule has 22 heavy (non-hydrogen) atoms. The standard InChI is InChI=1S/C16H18N2O3S/c19-15(20)16(6-8-22-9-7-16)17-11-13-10-14(21-18-13)12-4-2-1-3-5-12/h1-5,10,17H,6-9,11H2,(H,19,20). The first-order valence-electron chi connectivity index (χ1n) is 7.27. The Morgan fingerprint density at radius 3 is 2.73 bits per heavy atom. The van der Waals surface area contributed by atoms with Crippen LogP contribution in [0.5, 0.6) is 0 Å². The average molecular weight is 318 g/mol. The van der Waals surface area contributed by atoms with E-state index in [-0.39, 0.29) is 0 Å². The van der Waals surface area contributed by atoms with Crippen LogP contribution in [0.1, 0.15) is 18.5 Å². The van der Waals surface area contributed by atoms with Crippen LogP contribution in [0.15, 0.2) is 40.9 Å². The third-order valence-electron chi connectivity index (χ3n) is 3.98. The third-order valence-corrected chi connectivity index (χ3v) is 4.97. The normalized spacial score (nSPS) is 17.3. The molecule has 0 saturated carbocycles. The van der Waals surface area contributed by atoms with Gasteiger partial charge < -0.3 is 9.63 Å². The van der Waals surface area contributed by atoms with E-state index in [0.29, 0.717) is 25.1 Å². The van der Waals surface area contributed by atoms with Crippen LogP contribution in [-0.2, 0) is 11.3 Å². The van der Waals surface area contributed by atoms with Crippen LogP contribution >= 0.6 is 11.8 Å². The van der Waals surface area contributed by atoms with Gasteiger partial charge in [0.25, 0.3) is 0 Å². The molecule has 6 heteroatoms. The summed E-state index contributed by atoms with van der Waals surface area (Å²) in [4.78, 5) is 11.6. The van der Waals surface area contributed by atoms with Gasteiger partial charge in [-0.3, -0.25) is 10.1 Å². The summed E-state index contributed by atoms with van der Waals surface area (Å²) in [5, 5.41) is 16.7. The number of carbonyl (C=O) groups is 1. The molecule has 5 nitrogen and oxygen atoms in total. The van der Waals surface area contributed by atoms with Crippen LogP contribution in [0.2, 0.25) is 0 Å². The first kappa shape index (κ1) is 15.1. The Morgan fingerprint density at radius 1 is 1.32 bits per heavy atom. The Bertz CT molecular complexity index is 636. The van der Waals surface area contributed by atoms with Crippen LogP contribution in [0.25, 0.3) is 11.3 Å². The van der Waals surface area contributed by atoms with Gasteiger partial charge in [-0.05, 0) is 24.3 Å². The number of benzene rings is 1. The van der Waals surface area contributed by atoms with E-state index >= 15 is 0 Å². The molecule has 0 radical (unpaired) electrons. The Labute approximate surface area is 133 Å². The van der Waals surface area contributed by atoms with Crippen LogP contribution < -0.4 is 5.32 Å². The molecule has 2 aromatic rings. The zero-order valence-electron chi connectivity index (χ0n) is 12.1. The molecule has 1 aromatic carbocycles. The molecule has 0 aliphatic carbocycles. The van der Waals surface area contributed by atoms with Crippen LogP contribution in [0.4, 0.5) is 0 Å². The summed E-state index contributed by atoms with van der Waals surface area (Å²) in [7, 11) is 0. The Kier molecular flexibility index (Phi) is 4.49. The molecule has 1 aromatic heterocycles. The molecule has 1 saturated heterocycles. The van der Waals surface area contributed by atoms with E-state index in [2.05, 4.69) is 10.5 Å². The van der Waals surface area contributed by atoms with Crippen molar-refractivity contribution < 1.29 is 14.4 Å². The molecular formula is C16H18N2O3S. The van der Waals surface area contributed by atoms with Gasteiger partial charge in [0.15, 0.2) is 5.76 Å². The molecule has 1 aliphatic heterocycles. The van der Waals surface area contributed by atoms with Crippen molar-refractivity contribution in [1.29, 1.82) is 0 Å². The fourth-order valence-corrected chi connectivity index (χ4v) is 3.77. The van der Waals surface area contributed by atoms with E-state index in [4.69, 9.17) is 4.52 Å². The van der Waals surface area contributed by atoms with E-state index < -0.39 is 11.5 Å². The Morgan fingerprint density at radius 2 is 2.05 bits per heavy atom. The minimum atomic E-state index is -0.836. The van der Waals surface area contributed by atoms with E-state index in [1.54, 1.807) is 11.8 Å². The van der Waals surface area contributed by atoms with Crippen molar-refractivity contribution >= 4 is 17.7 Å². The molecule has 0 bridgehead atoms. The number of aliphatic carboxylic acids is 1. The van der Waals surface area contributed by atoms with Gasteiger partial charge in [-0.2, -0.15) is 11.8 Å². The van der Waals surface area contributed by atoms with Gasteiger partial charge in [-0.15, -0.1) is 0 Å². The molecule has 3 rings (SSSR count). The van der Waals surface area contributed by atoms with Gasteiger partial charge in [-0.1, -0.05) is 35.5 Å². The lowest BCUT2D eigenvalue weighted by molar-refractivity contribution is -0.145. The lowest BCUT2D eigenvalue weighted by atomic mass is 9.92. The molecule has 0 amide bonds. The van der Waals surface area contributed by atoms with E-state index in [0.717, 1.165) is 22.8 Å². The third kappa shape index (κ3) is 3.18. The predicted molar refractivity (Wildman–Crippen MR) is 85.7 cm³/mol. The molecule has 0 spiro atoms. The van der Waals surface area contributed by atoms with E-state index in [9.17, 15) is 9.90 Å². The second kappa shape index (κ2) is 6.54. The number of carboxylic acids is 1. The maximum Gasteiger partial charge on any atom is 0.323 e. The van der Waals surface area contributed by atoms with E-state index in [1.807, 2.05) is 36.4 Å². The van der Waals surface area contributed by atoms with Crippen molar-refractivity contribution in [2.75, 3.05) is 11.5 Å². The molecule has 1 aliphatic rings. The maximum atomic E-state index is 11.6. The van der Waals surface area contributed by atoms with Crippen molar-refractivity contribution in [3.05, 3.63) is 42.1 Å². The van der Waals surface area contributed by atoms with E-state index in [1.165, 1.54) is 0 Å². The van der Waals surface area contributed by atoms with Crippen LogP contribution in [0.3, 0.4) is 0 Å². The first-order valence-corrected chi connectivity index (χ1v) is 8.42. The number of hydrogen-bond acceptors (Lipinski definition) is 5. The number of rotatable bonds is 5. The zero-order chi connectivity index (χ0) is 15.4. The zero-order valence-corrected chi connectivity index (χ0v) is 12.9. The smallest absolute Gasteiger partial charge is 0.323 e. The highest BCUT2D eigenvalue weighted by Crippen LogP contribution is 2.28. The summed E-state index contributed by atoms with van der Waals surface area (Å²) in [6.45, 7) is 0.396. The highest BCUT2D eigenvalue weighted by atomic mass is 32.2. The molecule has 2 N–H and O–H groups in total. The van der Waals surface area contributed by atoms with Gasteiger partial charge in [0.05, 0.1) is 5.69 Å². The lowest BCUT2D eigenvalue weighted by Gasteiger charge is -2.33. The van der Waals surface area contributed by atoms with Gasteiger partial charge in [0, 0.05) is 18.2 Å². The predicted octanol–water partition coefficient (Wildman–Crippen LogP) is 2.78. The van der Waals surface area contributed by atoms with Crippen molar-refractivity contribution in [3.8, 4) is 11.3 Å². The SMILES string of the molecule is O=C(O)C1(NCc2cc(-c3ccccc3)on2)CCSCC1. The molecule has 0 atom stereocenters. The Balaban J connectivity index is 1.69. The quantitative estimate of drug-likeness (QED) is 0.883. The molecule has 0 unspecified atom stereocenters. The van der Waals surface area contributed by atoms with Crippen molar-refractivity contribution in [2.45, 2.75) is 24.9 Å². The van der Waals surface area contributed by atoms with Gasteiger partial charge in [0.1, 0.15) is 5.54 Å². The largest absolute Gasteiger partial charge is 0.480 e. The highest BCUT2D eigenvalue weighted by molar-refractivity contribution is 7.99. The molecule has 116 valence electrons. The minimum Gasteiger partial charge on any atom is -0.480 e. The van der Waals surface area contributed by atoms with Crippen LogP contribution in [-0.4, -0.2) is 33.3 Å². The Hall–Kier alpha value is -1.79. The van der Waals surface area contributed by atoms with Crippen molar-refractivity contribution in [3.63, 3.8) is 0 Å². The van der Waals surface area contributed by atoms with Gasteiger partial charge >= 0.3 is 5.97 Å². The number of hydrogen-bond donors (Lipinski definition) is 2. The summed E-state index contributed by atoms with van der Waals surface area (Å²) < 4.78 is 5.34. The fourth-order valence-electron chi connectivity index (χ4n) is 2.58. The van der Waals surface area contributed by atoms with Crippen LogP contribution in [0, 0.1) is 0 Å². The number of thioether (sulfide) groups is 1. The minimum absolute atomic E-state index is 0.396. The number of nitrogens with one attached hydrogen (secondary N) is 1. The second-order valence-electron chi connectivity index (χ2n) is 5.40. The maximum absolute atomic E-state index is 11.6. The number of aromatic nitrogens is 1. The van der Waals surface area contributed by atoms with Gasteiger partial charge in [-0.25, -0.2) is 0 Å². The monoisotopic (exact) mass is 318 g/mol. The summed E-state index contributed by atoms with van der Waals surface area (Å²) in [5.41, 5.74) is 0.845. The second-order valence-corrected chi connectivity index (χ2v) is 6.63. The first-order chi connectivity index (χ1) is 10.7. The van der Waals surface area contributed by atoms with Crippen molar-refractivity contribution in [2.24, 2.45) is 0 Å². The highest BCUT2D eigenvalue weighted by Gasteiger charge is 2.39. The molecule has 1 fully saturated rings. The molecule has 2 heterocycles.